The Labute approximate surface area is 118 Å². The zero-order valence-corrected chi connectivity index (χ0v) is 10.7. The maximum Gasteiger partial charge on any atom is 0.275 e. The molecule has 1 aromatic carbocycles. The van der Waals surface area contributed by atoms with E-state index in [-0.39, 0.29) is 29.4 Å². The van der Waals surface area contributed by atoms with Crippen LogP contribution in [0.15, 0.2) is 30.5 Å². The maximum atomic E-state index is 12.4. The van der Waals surface area contributed by atoms with E-state index in [0.717, 1.165) is 0 Å². The molecule has 0 spiro atoms. The summed E-state index contributed by atoms with van der Waals surface area (Å²) in [6.07, 6.45) is 1.25. The van der Waals surface area contributed by atoms with Gasteiger partial charge in [0, 0.05) is 11.6 Å². The molecule has 1 heterocycles. The summed E-state index contributed by atoms with van der Waals surface area (Å²) in [5.41, 5.74) is 1.78. The predicted octanol–water partition coefficient (Wildman–Crippen LogP) is 1.12. The van der Waals surface area contributed by atoms with Gasteiger partial charge in [-0.1, -0.05) is 11.2 Å². The van der Waals surface area contributed by atoms with E-state index in [2.05, 4.69) is 5.10 Å². The van der Waals surface area contributed by atoms with Crippen LogP contribution in [-0.4, -0.2) is 33.1 Å². The molecule has 0 atom stereocenters. The van der Waals surface area contributed by atoms with Crippen molar-refractivity contribution in [3.63, 3.8) is 0 Å². The van der Waals surface area contributed by atoms with Crippen molar-refractivity contribution in [1.82, 2.24) is 15.4 Å². The Hall–Kier alpha value is -2.81. The number of nitrogens with one attached hydrogen (secondary N) is 1. The van der Waals surface area contributed by atoms with Gasteiger partial charge in [0.2, 0.25) is 12.7 Å². The second kappa shape index (κ2) is 6.57. The molecule has 0 aliphatic rings. The van der Waals surface area contributed by atoms with Crippen molar-refractivity contribution in [2.45, 2.75) is 6.61 Å². The molecule has 0 aliphatic carbocycles. The molecule has 1 amide bonds. The zero-order valence-electron chi connectivity index (χ0n) is 10.7. The maximum absolute atomic E-state index is 12.4. The van der Waals surface area contributed by atoms with Gasteiger partial charge in [-0.15, -0.1) is 4.85 Å². The normalized spacial score (nSPS) is 10.2. The van der Waals surface area contributed by atoms with Gasteiger partial charge in [-0.25, -0.2) is 9.87 Å². The fourth-order valence-electron chi connectivity index (χ4n) is 1.70. The van der Waals surface area contributed by atoms with Crippen LogP contribution in [0.4, 0.5) is 4.39 Å². The van der Waals surface area contributed by atoms with Crippen LogP contribution in [0.25, 0.3) is 0 Å². The monoisotopic (exact) mass is 297 g/mol. The number of halogens is 1. The van der Waals surface area contributed by atoms with E-state index < -0.39 is 12.8 Å². The Morgan fingerprint density at radius 3 is 2.81 bits per heavy atom. The van der Waals surface area contributed by atoms with Crippen LogP contribution in [0.5, 0.6) is 11.6 Å². The number of nitrogens with zero attached hydrogens (tertiary/aromatic N) is 2. The van der Waals surface area contributed by atoms with Crippen molar-refractivity contribution in [3.8, 4) is 11.6 Å². The van der Waals surface area contributed by atoms with Gasteiger partial charge in [0.05, 0.1) is 11.8 Å². The molecule has 21 heavy (non-hydrogen) atoms. The van der Waals surface area contributed by atoms with Gasteiger partial charge in [-0.2, -0.15) is 0 Å². The summed E-state index contributed by atoms with van der Waals surface area (Å²) in [6, 6.07) is 5.74. The Morgan fingerprint density at radius 1 is 1.38 bits per heavy atom. The number of hydrogen-bond donors (Lipinski definition) is 3. The number of ether oxygens (including phenoxy) is 2. The molecule has 0 saturated heterocycles. The number of rotatable bonds is 6. The zero-order chi connectivity index (χ0) is 15.2. The number of hydroxylamine groups is 1. The molecule has 0 aliphatic heterocycles. The van der Waals surface area contributed by atoms with E-state index in [1.54, 1.807) is 0 Å². The van der Waals surface area contributed by atoms with Crippen molar-refractivity contribution < 1.29 is 29.1 Å². The summed E-state index contributed by atoms with van der Waals surface area (Å²) >= 11 is 0. The highest BCUT2D eigenvalue weighted by molar-refractivity contribution is 5.95. The second-order valence-corrected chi connectivity index (χ2v) is 3.84. The Kier molecular flexibility index (Phi) is 4.57. The molecule has 2 rings (SSSR count). The number of carbonyl (C=O) groups excluding carboxylic acids is 1. The number of carbonyl (C=O) groups is 1. The van der Waals surface area contributed by atoms with Crippen molar-refractivity contribution >= 4 is 5.91 Å². The molecule has 0 saturated carbocycles. The van der Waals surface area contributed by atoms with Crippen LogP contribution in [0.3, 0.4) is 0 Å². The summed E-state index contributed by atoms with van der Waals surface area (Å²) < 4.78 is 22.4. The molecular formula is C12H12FN3O5. The van der Waals surface area contributed by atoms with Gasteiger partial charge < -0.3 is 14.7 Å². The lowest BCUT2D eigenvalue weighted by Crippen LogP contribution is -2.21. The number of amides is 1. The molecule has 1 aromatic heterocycles. The molecule has 8 nitrogen and oxygen atoms in total. The summed E-state index contributed by atoms with van der Waals surface area (Å²) in [6.45, 7) is -1.25. The van der Waals surface area contributed by atoms with Gasteiger partial charge in [0.1, 0.15) is 12.4 Å². The average molecular weight is 297 g/mol. The molecule has 3 N–H and O–H groups in total. The van der Waals surface area contributed by atoms with E-state index in [1.165, 1.54) is 35.9 Å². The van der Waals surface area contributed by atoms with Crippen molar-refractivity contribution in [3.05, 3.63) is 41.6 Å². The first-order chi connectivity index (χ1) is 10.2. The first-order valence-corrected chi connectivity index (χ1v) is 5.78. The molecule has 112 valence electrons. The number of benzene rings is 1. The quantitative estimate of drug-likeness (QED) is 0.419. The smallest absolute Gasteiger partial charge is 0.275 e. The molecular weight excluding hydrogens is 285 g/mol. The number of aromatic nitrogens is 2. The third-order valence-corrected chi connectivity index (χ3v) is 2.61. The fraction of sp³-hybridized carbons (Fsp3) is 0.167. The van der Waals surface area contributed by atoms with Crippen LogP contribution in [0.2, 0.25) is 0 Å². The Morgan fingerprint density at radius 2 is 2.19 bits per heavy atom. The largest absolute Gasteiger partial charge is 0.471 e. The summed E-state index contributed by atoms with van der Waals surface area (Å²) in [4.78, 5) is 12.1. The number of alkyl halides is 1. The molecule has 9 heteroatoms. The Balaban J connectivity index is 2.27. The number of hydrogen-bond acceptors (Lipinski definition) is 6. The lowest BCUT2D eigenvalue weighted by Gasteiger charge is -2.13. The Bertz CT molecular complexity index is 631. The van der Waals surface area contributed by atoms with Crippen LogP contribution < -0.4 is 15.0 Å². The minimum Gasteiger partial charge on any atom is -0.471 e. The average Bonchev–Trinajstić information content (AvgIpc) is 2.91. The van der Waals surface area contributed by atoms with Crippen LogP contribution in [0, 0.1) is 0 Å². The molecule has 2 aromatic rings. The third-order valence-electron chi connectivity index (χ3n) is 2.61. The van der Waals surface area contributed by atoms with Gasteiger partial charge in [-0.3, -0.25) is 10.0 Å². The SMILES string of the molecule is O=C(NO)c1cccc(OCF)c1COc1ccn(O)n1. The highest BCUT2D eigenvalue weighted by atomic mass is 19.1. The van der Waals surface area contributed by atoms with Crippen LogP contribution >= 0.6 is 0 Å². The summed E-state index contributed by atoms with van der Waals surface area (Å²) in [7, 11) is 0. The summed E-state index contributed by atoms with van der Waals surface area (Å²) in [5, 5.41) is 21.3. The standard InChI is InChI=1S/C12H12FN3O5/c13-7-21-10-3-1-2-8(12(17)15-18)9(10)6-20-11-4-5-16(19)14-11/h1-5,18-19H,6-7H2,(H,15,17). The van der Waals surface area contributed by atoms with Crippen molar-refractivity contribution in [2.24, 2.45) is 0 Å². The van der Waals surface area contributed by atoms with E-state index in [9.17, 15) is 9.18 Å². The highest BCUT2D eigenvalue weighted by Gasteiger charge is 2.16. The highest BCUT2D eigenvalue weighted by Crippen LogP contribution is 2.24. The first-order valence-electron chi connectivity index (χ1n) is 5.78. The van der Waals surface area contributed by atoms with Crippen molar-refractivity contribution in [2.75, 3.05) is 6.86 Å². The molecule has 0 unspecified atom stereocenters. The first kappa shape index (κ1) is 14.6. The second-order valence-electron chi connectivity index (χ2n) is 3.84. The van der Waals surface area contributed by atoms with Crippen LogP contribution in [-0.2, 0) is 6.61 Å². The van der Waals surface area contributed by atoms with Gasteiger partial charge >= 0.3 is 0 Å². The van der Waals surface area contributed by atoms with Gasteiger partial charge in [0.25, 0.3) is 5.91 Å². The van der Waals surface area contributed by atoms with Gasteiger partial charge in [-0.05, 0) is 12.1 Å². The van der Waals surface area contributed by atoms with Crippen LogP contribution in [0.1, 0.15) is 15.9 Å². The molecule has 0 bridgehead atoms. The van der Waals surface area contributed by atoms with E-state index in [0.29, 0.717) is 4.85 Å². The molecule has 0 fully saturated rings. The minimum atomic E-state index is -1.08. The van der Waals surface area contributed by atoms with E-state index in [1.807, 2.05) is 0 Å². The predicted molar refractivity (Wildman–Crippen MR) is 66.0 cm³/mol. The molecule has 0 radical (unpaired) electrons. The van der Waals surface area contributed by atoms with E-state index in [4.69, 9.17) is 19.9 Å². The van der Waals surface area contributed by atoms with Gasteiger partial charge in [0.15, 0.2) is 0 Å². The lowest BCUT2D eigenvalue weighted by molar-refractivity contribution is 0.0702. The third kappa shape index (κ3) is 3.39. The van der Waals surface area contributed by atoms with E-state index >= 15 is 0 Å². The topological polar surface area (TPSA) is 106 Å². The minimum absolute atomic E-state index is 0.0619. The fourth-order valence-corrected chi connectivity index (χ4v) is 1.70. The lowest BCUT2D eigenvalue weighted by atomic mass is 10.1. The van der Waals surface area contributed by atoms with Crippen molar-refractivity contribution in [1.29, 1.82) is 0 Å². The summed E-state index contributed by atoms with van der Waals surface area (Å²) in [5.74, 6) is -0.587.